The number of ether oxygens (including phenoxy) is 1. The van der Waals surface area contributed by atoms with Gasteiger partial charge in [0.2, 0.25) is 0 Å². The zero-order valence-electron chi connectivity index (χ0n) is 8.97. The number of halogens is 2. The van der Waals surface area contributed by atoms with Crippen LogP contribution in [0.4, 0.5) is 0 Å². The number of pyridine rings is 2. The minimum Gasteiger partial charge on any atom is -0.505 e. The van der Waals surface area contributed by atoms with Crippen molar-refractivity contribution in [2.24, 2.45) is 0 Å². The molecule has 0 aliphatic carbocycles. The molecule has 0 atom stereocenters. The molecular formula is C11H10Cl2N2O2. The first kappa shape index (κ1) is 13.5. The van der Waals surface area contributed by atoms with Crippen molar-refractivity contribution in [1.29, 1.82) is 0 Å². The Kier molecular flexibility index (Phi) is 5.52. The molecule has 0 saturated carbocycles. The van der Waals surface area contributed by atoms with Gasteiger partial charge in [-0.05, 0) is 24.3 Å². The number of nitrogens with zero attached hydrogens (tertiary/aromatic N) is 2. The van der Waals surface area contributed by atoms with Gasteiger partial charge in [0.25, 0.3) is 0 Å². The predicted molar refractivity (Wildman–Crippen MR) is 66.7 cm³/mol. The number of methoxy groups -OCH3 is 1. The van der Waals surface area contributed by atoms with E-state index in [0.717, 1.165) is 0 Å². The molecule has 2 rings (SSSR count). The Morgan fingerprint density at radius 2 is 1.65 bits per heavy atom. The third-order valence-corrected chi connectivity index (χ3v) is 2.26. The summed E-state index contributed by atoms with van der Waals surface area (Å²) in [6.45, 7) is 0. The Labute approximate surface area is 109 Å². The molecule has 0 aliphatic heterocycles. The summed E-state index contributed by atoms with van der Waals surface area (Å²) >= 11 is 10.9. The monoisotopic (exact) mass is 272 g/mol. The summed E-state index contributed by atoms with van der Waals surface area (Å²) in [4.78, 5) is 7.38. The number of aromatic nitrogens is 2. The summed E-state index contributed by atoms with van der Waals surface area (Å²) in [6, 6.07) is 6.62. The Hall–Kier alpha value is -1.52. The van der Waals surface area contributed by atoms with Crippen molar-refractivity contribution in [2.45, 2.75) is 0 Å². The van der Waals surface area contributed by atoms with Crippen LogP contribution in [-0.2, 0) is 0 Å². The first-order valence-corrected chi connectivity index (χ1v) is 5.34. The maximum absolute atomic E-state index is 8.72. The molecule has 2 heterocycles. The molecule has 2 aromatic rings. The average molecular weight is 273 g/mol. The van der Waals surface area contributed by atoms with Crippen molar-refractivity contribution in [3.63, 3.8) is 0 Å². The summed E-state index contributed by atoms with van der Waals surface area (Å²) in [5, 5.41) is 9.27. The van der Waals surface area contributed by atoms with Crippen LogP contribution >= 0.6 is 23.2 Å². The molecule has 0 spiro atoms. The third-order valence-electron chi connectivity index (χ3n) is 1.68. The highest BCUT2D eigenvalue weighted by atomic mass is 35.5. The van der Waals surface area contributed by atoms with Crippen LogP contribution in [-0.4, -0.2) is 22.2 Å². The van der Waals surface area contributed by atoms with Gasteiger partial charge in [-0.15, -0.1) is 0 Å². The zero-order chi connectivity index (χ0) is 12.7. The molecule has 17 heavy (non-hydrogen) atoms. The zero-order valence-corrected chi connectivity index (χ0v) is 10.5. The molecule has 0 fully saturated rings. The van der Waals surface area contributed by atoms with Gasteiger partial charge in [0.05, 0.1) is 7.11 Å². The average Bonchev–Trinajstić information content (AvgIpc) is 2.34. The van der Waals surface area contributed by atoms with E-state index in [0.29, 0.717) is 10.9 Å². The van der Waals surface area contributed by atoms with Crippen molar-refractivity contribution >= 4 is 23.2 Å². The molecule has 0 amide bonds. The molecule has 6 heteroatoms. The fraction of sp³-hybridized carbons (Fsp3) is 0.0909. The van der Waals surface area contributed by atoms with Crippen LogP contribution in [0.3, 0.4) is 0 Å². The predicted octanol–water partition coefficient (Wildman–Crippen LogP) is 3.18. The van der Waals surface area contributed by atoms with Crippen LogP contribution in [0.15, 0.2) is 36.7 Å². The fourth-order valence-corrected chi connectivity index (χ4v) is 1.22. The molecule has 0 unspecified atom stereocenters. The molecule has 90 valence electrons. The second-order valence-corrected chi connectivity index (χ2v) is 3.53. The van der Waals surface area contributed by atoms with E-state index in [-0.39, 0.29) is 10.9 Å². The number of hydrogen-bond donors (Lipinski definition) is 1. The van der Waals surface area contributed by atoms with Crippen molar-refractivity contribution in [3.8, 4) is 11.5 Å². The Bertz CT molecular complexity index is 460. The minimum atomic E-state index is 0.0224. The van der Waals surface area contributed by atoms with Gasteiger partial charge in [0, 0.05) is 12.4 Å². The number of hydrogen-bond acceptors (Lipinski definition) is 4. The van der Waals surface area contributed by atoms with E-state index in [2.05, 4.69) is 9.97 Å². The molecule has 0 bridgehead atoms. The van der Waals surface area contributed by atoms with E-state index >= 15 is 0 Å². The van der Waals surface area contributed by atoms with E-state index in [9.17, 15) is 0 Å². The van der Waals surface area contributed by atoms with Crippen molar-refractivity contribution < 1.29 is 9.84 Å². The van der Waals surface area contributed by atoms with Gasteiger partial charge in [-0.2, -0.15) is 0 Å². The van der Waals surface area contributed by atoms with Gasteiger partial charge >= 0.3 is 0 Å². The SMILES string of the molecule is COc1cccnc1Cl.Oc1cccnc1Cl. The number of aromatic hydroxyl groups is 1. The summed E-state index contributed by atoms with van der Waals surface area (Å²) in [7, 11) is 1.56. The van der Waals surface area contributed by atoms with Gasteiger partial charge in [-0.25, -0.2) is 9.97 Å². The lowest BCUT2D eigenvalue weighted by molar-refractivity contribution is 0.413. The lowest BCUT2D eigenvalue weighted by Crippen LogP contribution is -1.84. The molecule has 2 aromatic heterocycles. The van der Waals surface area contributed by atoms with Gasteiger partial charge in [-0.3, -0.25) is 0 Å². The topological polar surface area (TPSA) is 55.2 Å². The van der Waals surface area contributed by atoms with E-state index < -0.39 is 0 Å². The van der Waals surface area contributed by atoms with E-state index in [4.69, 9.17) is 33.0 Å². The summed E-state index contributed by atoms with van der Waals surface area (Å²) in [5.74, 6) is 0.633. The fourth-order valence-electron chi connectivity index (χ4n) is 0.901. The summed E-state index contributed by atoms with van der Waals surface area (Å²) in [5.41, 5.74) is 0. The smallest absolute Gasteiger partial charge is 0.171 e. The highest BCUT2D eigenvalue weighted by Crippen LogP contribution is 2.18. The molecule has 0 aliphatic rings. The maximum atomic E-state index is 8.72. The van der Waals surface area contributed by atoms with E-state index in [1.54, 1.807) is 31.5 Å². The van der Waals surface area contributed by atoms with Crippen molar-refractivity contribution in [1.82, 2.24) is 9.97 Å². The normalized spacial score (nSPS) is 9.12. The Balaban J connectivity index is 0.000000171. The lowest BCUT2D eigenvalue weighted by atomic mass is 10.5. The standard InChI is InChI=1S/C6H6ClNO.C5H4ClNO/c1-9-5-3-2-4-8-6(5)7;6-5-4(8)2-1-3-7-5/h2-4H,1H3;1-3,8H. The van der Waals surface area contributed by atoms with Crippen LogP contribution in [0.25, 0.3) is 0 Å². The summed E-state index contributed by atoms with van der Waals surface area (Å²) in [6.07, 6.45) is 3.13. The van der Waals surface area contributed by atoms with E-state index in [1.807, 2.05) is 0 Å². The van der Waals surface area contributed by atoms with Crippen LogP contribution in [0, 0.1) is 0 Å². The van der Waals surface area contributed by atoms with Crippen LogP contribution in [0.5, 0.6) is 11.5 Å². The molecule has 1 N–H and O–H groups in total. The third kappa shape index (κ3) is 4.46. The lowest BCUT2D eigenvalue weighted by Gasteiger charge is -1.97. The number of rotatable bonds is 1. The van der Waals surface area contributed by atoms with Crippen molar-refractivity contribution in [3.05, 3.63) is 47.0 Å². The van der Waals surface area contributed by atoms with Gasteiger partial charge < -0.3 is 9.84 Å². The second kappa shape index (κ2) is 6.93. The first-order chi connectivity index (χ1) is 8.15. The largest absolute Gasteiger partial charge is 0.505 e. The van der Waals surface area contributed by atoms with E-state index in [1.165, 1.54) is 12.3 Å². The molecule has 4 nitrogen and oxygen atoms in total. The van der Waals surface area contributed by atoms with Crippen molar-refractivity contribution in [2.75, 3.05) is 7.11 Å². The quantitative estimate of drug-likeness (QED) is 0.811. The minimum absolute atomic E-state index is 0.0224. The van der Waals surface area contributed by atoms with Gasteiger partial charge in [-0.1, -0.05) is 23.2 Å². The van der Waals surface area contributed by atoms with Crippen LogP contribution < -0.4 is 4.74 Å². The Morgan fingerprint density at radius 3 is 2.00 bits per heavy atom. The van der Waals surface area contributed by atoms with Crippen LogP contribution in [0.1, 0.15) is 0 Å². The second-order valence-electron chi connectivity index (χ2n) is 2.81. The Morgan fingerprint density at radius 1 is 1.06 bits per heavy atom. The van der Waals surface area contributed by atoms with Crippen LogP contribution in [0.2, 0.25) is 10.3 Å². The van der Waals surface area contributed by atoms with Gasteiger partial charge in [0.15, 0.2) is 21.8 Å². The molecule has 0 aromatic carbocycles. The molecule has 0 saturated heterocycles. The maximum Gasteiger partial charge on any atom is 0.171 e. The highest BCUT2D eigenvalue weighted by Gasteiger charge is 1.95. The molecular weight excluding hydrogens is 263 g/mol. The molecule has 0 radical (unpaired) electrons. The van der Waals surface area contributed by atoms with Gasteiger partial charge in [0.1, 0.15) is 0 Å². The summed E-state index contributed by atoms with van der Waals surface area (Å²) < 4.78 is 4.85. The highest BCUT2D eigenvalue weighted by molar-refractivity contribution is 6.31. The first-order valence-electron chi connectivity index (χ1n) is 4.59.